The molecule has 0 radical (unpaired) electrons. The normalized spacial score (nSPS) is 19.6. The van der Waals surface area contributed by atoms with Crippen LogP contribution >= 0.6 is 0 Å². The second-order valence-electron chi connectivity index (χ2n) is 5.93. The summed E-state index contributed by atoms with van der Waals surface area (Å²) in [6.45, 7) is 2.90. The van der Waals surface area contributed by atoms with Crippen LogP contribution in [-0.4, -0.2) is 71.3 Å². The molecule has 0 aliphatic carbocycles. The first-order valence-corrected chi connectivity index (χ1v) is 8.10. The SMILES string of the molecule is CC(c1ccccc1)N1C(=O)C(=O)N(CC(=O)N2CCOCC2)C1=O. The highest BCUT2D eigenvalue weighted by Gasteiger charge is 2.47. The minimum Gasteiger partial charge on any atom is -0.378 e. The molecule has 0 N–H and O–H groups in total. The van der Waals surface area contributed by atoms with Crippen LogP contribution in [0.15, 0.2) is 30.3 Å². The third kappa shape index (κ3) is 3.25. The molecule has 8 heteroatoms. The van der Waals surface area contributed by atoms with E-state index >= 15 is 0 Å². The molecule has 1 atom stereocenters. The molecule has 2 fully saturated rings. The van der Waals surface area contributed by atoms with Gasteiger partial charge in [-0.15, -0.1) is 0 Å². The van der Waals surface area contributed by atoms with E-state index in [4.69, 9.17) is 4.74 Å². The maximum atomic E-state index is 12.6. The Balaban J connectivity index is 1.74. The predicted octanol–water partition coefficient (Wildman–Crippen LogP) is 0.397. The molecule has 2 aliphatic rings. The van der Waals surface area contributed by atoms with Crippen LogP contribution in [0.3, 0.4) is 0 Å². The monoisotopic (exact) mass is 345 g/mol. The summed E-state index contributed by atoms with van der Waals surface area (Å²) < 4.78 is 5.17. The van der Waals surface area contributed by atoms with Crippen molar-refractivity contribution in [1.82, 2.24) is 14.7 Å². The fraction of sp³-hybridized carbons (Fsp3) is 0.412. The highest BCUT2D eigenvalue weighted by Crippen LogP contribution is 2.26. The first-order valence-electron chi connectivity index (χ1n) is 8.10. The molecule has 8 nitrogen and oxygen atoms in total. The second kappa shape index (κ2) is 7.02. The Bertz CT molecular complexity index is 699. The quantitative estimate of drug-likeness (QED) is 0.582. The summed E-state index contributed by atoms with van der Waals surface area (Å²) in [4.78, 5) is 52.5. The minimum atomic E-state index is -0.964. The van der Waals surface area contributed by atoms with Crippen molar-refractivity contribution in [2.75, 3.05) is 32.8 Å². The number of nitrogens with zero attached hydrogens (tertiary/aromatic N) is 3. The summed E-state index contributed by atoms with van der Waals surface area (Å²) in [6, 6.07) is 7.61. The first kappa shape index (κ1) is 17.1. The Labute approximate surface area is 144 Å². The largest absolute Gasteiger partial charge is 0.378 e. The van der Waals surface area contributed by atoms with E-state index in [1.54, 1.807) is 31.2 Å². The number of ether oxygens (including phenoxy) is 1. The van der Waals surface area contributed by atoms with Crippen molar-refractivity contribution in [1.29, 1.82) is 0 Å². The van der Waals surface area contributed by atoms with Gasteiger partial charge in [-0.3, -0.25) is 14.4 Å². The number of amides is 5. The Hall–Kier alpha value is -2.74. The van der Waals surface area contributed by atoms with E-state index in [1.807, 2.05) is 6.07 Å². The molecule has 0 spiro atoms. The lowest BCUT2D eigenvalue weighted by Gasteiger charge is -2.28. The molecule has 3 rings (SSSR count). The third-order valence-corrected chi connectivity index (χ3v) is 4.41. The average Bonchev–Trinajstić information content (AvgIpc) is 2.86. The average molecular weight is 345 g/mol. The van der Waals surface area contributed by atoms with Gasteiger partial charge in [0.05, 0.1) is 19.3 Å². The van der Waals surface area contributed by atoms with Gasteiger partial charge in [0.15, 0.2) is 0 Å². The summed E-state index contributed by atoms with van der Waals surface area (Å²) in [5.41, 5.74) is 0.735. The zero-order chi connectivity index (χ0) is 18.0. The fourth-order valence-electron chi connectivity index (χ4n) is 2.93. The van der Waals surface area contributed by atoms with Gasteiger partial charge >= 0.3 is 17.8 Å². The van der Waals surface area contributed by atoms with Crippen LogP contribution in [0.5, 0.6) is 0 Å². The van der Waals surface area contributed by atoms with E-state index < -0.39 is 30.4 Å². The molecular formula is C17H19N3O5. The van der Waals surface area contributed by atoms with Crippen LogP contribution in [0.25, 0.3) is 0 Å². The number of urea groups is 1. The van der Waals surface area contributed by atoms with E-state index in [9.17, 15) is 19.2 Å². The number of carbonyl (C=O) groups is 4. The lowest BCUT2D eigenvalue weighted by atomic mass is 10.1. The number of imide groups is 2. The van der Waals surface area contributed by atoms with Crippen molar-refractivity contribution in [2.24, 2.45) is 0 Å². The van der Waals surface area contributed by atoms with Gasteiger partial charge in [-0.05, 0) is 12.5 Å². The highest BCUT2D eigenvalue weighted by atomic mass is 16.5. The Kier molecular flexibility index (Phi) is 4.80. The predicted molar refractivity (Wildman–Crippen MR) is 86.2 cm³/mol. The molecule has 25 heavy (non-hydrogen) atoms. The van der Waals surface area contributed by atoms with Crippen molar-refractivity contribution >= 4 is 23.8 Å². The fourth-order valence-corrected chi connectivity index (χ4v) is 2.93. The van der Waals surface area contributed by atoms with Gasteiger partial charge in [0.2, 0.25) is 5.91 Å². The molecule has 1 aromatic rings. The molecular weight excluding hydrogens is 326 g/mol. The Morgan fingerprint density at radius 3 is 2.36 bits per heavy atom. The zero-order valence-corrected chi connectivity index (χ0v) is 13.9. The maximum absolute atomic E-state index is 12.6. The molecule has 1 aromatic carbocycles. The van der Waals surface area contributed by atoms with E-state index in [0.29, 0.717) is 26.3 Å². The van der Waals surface area contributed by atoms with Crippen molar-refractivity contribution in [2.45, 2.75) is 13.0 Å². The Morgan fingerprint density at radius 1 is 1.08 bits per heavy atom. The van der Waals surface area contributed by atoms with E-state index in [1.165, 1.54) is 4.90 Å². The summed E-state index contributed by atoms with van der Waals surface area (Å²) in [7, 11) is 0. The van der Waals surface area contributed by atoms with Crippen molar-refractivity contribution in [3.63, 3.8) is 0 Å². The van der Waals surface area contributed by atoms with Crippen LogP contribution in [0.2, 0.25) is 0 Å². The van der Waals surface area contributed by atoms with Crippen molar-refractivity contribution in [3.05, 3.63) is 35.9 Å². The molecule has 0 saturated carbocycles. The molecule has 2 saturated heterocycles. The summed E-state index contributed by atoms with van der Waals surface area (Å²) in [6.07, 6.45) is 0. The molecule has 2 aliphatic heterocycles. The maximum Gasteiger partial charge on any atom is 0.335 e. The van der Waals surface area contributed by atoms with E-state index in [-0.39, 0.29) is 5.91 Å². The number of benzene rings is 1. The van der Waals surface area contributed by atoms with Crippen LogP contribution in [0.4, 0.5) is 4.79 Å². The molecule has 1 unspecified atom stereocenters. The molecule has 132 valence electrons. The molecule has 2 heterocycles. The van der Waals surface area contributed by atoms with Gasteiger partial charge in [0.25, 0.3) is 0 Å². The summed E-state index contributed by atoms with van der Waals surface area (Å²) in [5, 5.41) is 0. The number of morpholine rings is 1. The first-order chi connectivity index (χ1) is 12.0. The lowest BCUT2D eigenvalue weighted by molar-refractivity contribution is -0.146. The van der Waals surface area contributed by atoms with Crippen molar-refractivity contribution in [3.8, 4) is 0 Å². The third-order valence-electron chi connectivity index (χ3n) is 4.41. The van der Waals surface area contributed by atoms with Crippen LogP contribution < -0.4 is 0 Å². The van der Waals surface area contributed by atoms with Crippen LogP contribution in [0.1, 0.15) is 18.5 Å². The lowest BCUT2D eigenvalue weighted by Crippen LogP contribution is -2.47. The number of hydrogen-bond acceptors (Lipinski definition) is 5. The number of carbonyl (C=O) groups excluding carboxylic acids is 4. The van der Waals surface area contributed by atoms with Gasteiger partial charge in [-0.25, -0.2) is 14.6 Å². The number of hydrogen-bond donors (Lipinski definition) is 0. The Morgan fingerprint density at radius 2 is 1.72 bits per heavy atom. The van der Waals surface area contributed by atoms with Gasteiger partial charge in [0, 0.05) is 13.1 Å². The van der Waals surface area contributed by atoms with Gasteiger partial charge in [-0.1, -0.05) is 30.3 Å². The second-order valence-corrected chi connectivity index (χ2v) is 5.93. The molecule has 0 bridgehead atoms. The standard InChI is InChI=1S/C17H19N3O5/c1-12(13-5-3-2-4-6-13)20-16(23)15(22)19(17(20)24)11-14(21)18-7-9-25-10-8-18/h2-6,12H,7-11H2,1H3. The molecule has 0 aromatic heterocycles. The highest BCUT2D eigenvalue weighted by molar-refractivity contribution is 6.45. The van der Waals surface area contributed by atoms with Crippen LogP contribution in [0, 0.1) is 0 Å². The summed E-state index contributed by atoms with van der Waals surface area (Å²) in [5.74, 6) is -2.24. The van der Waals surface area contributed by atoms with Gasteiger partial charge in [-0.2, -0.15) is 0 Å². The number of rotatable bonds is 4. The zero-order valence-electron chi connectivity index (χ0n) is 13.9. The van der Waals surface area contributed by atoms with Gasteiger partial charge in [0.1, 0.15) is 6.54 Å². The topological polar surface area (TPSA) is 87.2 Å². The van der Waals surface area contributed by atoms with Gasteiger partial charge < -0.3 is 9.64 Å². The molecule has 5 amide bonds. The van der Waals surface area contributed by atoms with E-state index in [2.05, 4.69) is 0 Å². The van der Waals surface area contributed by atoms with E-state index in [0.717, 1.165) is 15.4 Å². The smallest absolute Gasteiger partial charge is 0.335 e. The minimum absolute atomic E-state index is 0.369. The van der Waals surface area contributed by atoms with Crippen LogP contribution in [-0.2, 0) is 19.1 Å². The van der Waals surface area contributed by atoms with Crippen molar-refractivity contribution < 1.29 is 23.9 Å². The summed E-state index contributed by atoms with van der Waals surface area (Å²) >= 11 is 0.